The molecule has 2 aliphatic rings. The number of alkyl halides is 2. The quantitative estimate of drug-likeness (QED) is 0.739. The highest BCUT2D eigenvalue weighted by atomic mass is 19.3. The van der Waals surface area contributed by atoms with Crippen LogP contribution in [-0.4, -0.2) is 41.8 Å². The lowest BCUT2D eigenvalue weighted by molar-refractivity contribution is -0.122. The summed E-state index contributed by atoms with van der Waals surface area (Å²) in [7, 11) is 0. The molecule has 4 rings (SSSR count). The Hall–Kier alpha value is -3.29. The number of amides is 3. The van der Waals surface area contributed by atoms with E-state index in [0.717, 1.165) is 4.90 Å². The van der Waals surface area contributed by atoms with E-state index in [9.17, 15) is 23.2 Å². The Bertz CT molecular complexity index is 973. The third-order valence-electron chi connectivity index (χ3n) is 5.23. The molecule has 0 saturated carbocycles. The number of rotatable bonds is 4. The van der Waals surface area contributed by atoms with E-state index in [1.807, 2.05) is 0 Å². The second-order valence-electron chi connectivity index (χ2n) is 6.94. The summed E-state index contributed by atoms with van der Waals surface area (Å²) in [6.45, 7) is -1.29. The molecule has 29 heavy (non-hydrogen) atoms. The van der Waals surface area contributed by atoms with Gasteiger partial charge in [-0.05, 0) is 43.5 Å². The van der Waals surface area contributed by atoms with Gasteiger partial charge in [0.15, 0.2) is 0 Å². The molecule has 0 fully saturated rings. The van der Waals surface area contributed by atoms with Crippen LogP contribution >= 0.6 is 0 Å². The largest absolute Gasteiger partial charge is 0.433 e. The first-order valence-electron chi connectivity index (χ1n) is 9.25. The molecular weight excluding hydrogens is 382 g/mol. The highest BCUT2D eigenvalue weighted by Gasteiger charge is 2.42. The number of hydrogen-bond donors (Lipinski definition) is 0. The van der Waals surface area contributed by atoms with Crippen LogP contribution in [0.5, 0.6) is 5.75 Å². The van der Waals surface area contributed by atoms with Gasteiger partial charge in [0, 0.05) is 6.54 Å². The summed E-state index contributed by atoms with van der Waals surface area (Å²) in [4.78, 5) is 40.9. The molecule has 0 bridgehead atoms. The number of aryl methyl sites for hydroxylation is 1. The van der Waals surface area contributed by atoms with E-state index in [0.29, 0.717) is 18.4 Å². The zero-order valence-electron chi connectivity index (χ0n) is 15.6. The molecular formula is C21H18F2N2O4. The third-order valence-corrected chi connectivity index (χ3v) is 5.23. The Balaban J connectivity index is 1.67. The number of fused-ring (bicyclic) bond motifs is 2. The molecule has 1 unspecified atom stereocenters. The third kappa shape index (κ3) is 3.14. The summed E-state index contributed by atoms with van der Waals surface area (Å²) in [5.74, 6) is -1.70. The second kappa shape index (κ2) is 7.27. The summed E-state index contributed by atoms with van der Waals surface area (Å²) in [5, 5.41) is 0. The van der Waals surface area contributed by atoms with Gasteiger partial charge in [0.05, 0.1) is 16.8 Å². The maximum absolute atomic E-state index is 13.3. The Kier molecular flexibility index (Phi) is 4.77. The van der Waals surface area contributed by atoms with Crippen LogP contribution in [0.15, 0.2) is 42.5 Å². The molecule has 0 aromatic heterocycles. The van der Waals surface area contributed by atoms with Gasteiger partial charge in [-0.2, -0.15) is 8.78 Å². The van der Waals surface area contributed by atoms with Gasteiger partial charge in [-0.1, -0.05) is 24.3 Å². The molecule has 0 spiro atoms. The maximum Gasteiger partial charge on any atom is 0.387 e. The lowest BCUT2D eigenvalue weighted by Crippen LogP contribution is -2.50. The fourth-order valence-electron chi connectivity index (χ4n) is 3.92. The zero-order valence-corrected chi connectivity index (χ0v) is 15.6. The van der Waals surface area contributed by atoms with Crippen molar-refractivity contribution in [2.45, 2.75) is 32.4 Å². The molecule has 3 amide bonds. The molecule has 2 heterocycles. The van der Waals surface area contributed by atoms with E-state index in [-0.39, 0.29) is 29.1 Å². The van der Waals surface area contributed by atoms with Crippen LogP contribution in [-0.2, 0) is 11.2 Å². The van der Waals surface area contributed by atoms with Crippen LogP contribution in [0.25, 0.3) is 0 Å². The van der Waals surface area contributed by atoms with Crippen LogP contribution < -0.4 is 9.64 Å². The van der Waals surface area contributed by atoms with Crippen molar-refractivity contribution in [1.29, 1.82) is 0 Å². The van der Waals surface area contributed by atoms with Gasteiger partial charge >= 0.3 is 6.61 Å². The van der Waals surface area contributed by atoms with Crippen molar-refractivity contribution in [2.75, 3.05) is 11.4 Å². The summed E-state index contributed by atoms with van der Waals surface area (Å²) in [6, 6.07) is 10.0. The van der Waals surface area contributed by atoms with Gasteiger partial charge in [0.2, 0.25) is 5.91 Å². The molecule has 2 aromatic rings. The number of benzene rings is 2. The molecule has 0 saturated heterocycles. The van der Waals surface area contributed by atoms with Crippen molar-refractivity contribution < 1.29 is 27.9 Å². The van der Waals surface area contributed by atoms with Crippen LogP contribution in [0.4, 0.5) is 14.5 Å². The number of halogens is 2. The number of ether oxygens (including phenoxy) is 1. The highest BCUT2D eigenvalue weighted by Crippen LogP contribution is 2.38. The fraction of sp³-hybridized carbons (Fsp3) is 0.286. The lowest BCUT2D eigenvalue weighted by Gasteiger charge is -2.34. The highest BCUT2D eigenvalue weighted by molar-refractivity contribution is 6.23. The number of nitrogens with zero attached hydrogens (tertiary/aromatic N) is 2. The van der Waals surface area contributed by atoms with Crippen LogP contribution in [0.3, 0.4) is 0 Å². The van der Waals surface area contributed by atoms with Crippen molar-refractivity contribution >= 4 is 23.4 Å². The second-order valence-corrected chi connectivity index (χ2v) is 6.94. The smallest absolute Gasteiger partial charge is 0.387 e. The molecule has 0 N–H and O–H groups in total. The molecule has 0 aliphatic carbocycles. The number of para-hydroxylation sites is 1. The predicted molar refractivity (Wildman–Crippen MR) is 100 cm³/mol. The standard InChI is InChI=1S/C21H18F2N2O4/c1-12(25-19(27)14-8-2-3-9-15(14)20(25)28)18(26)24-11-5-7-13-6-4-10-16(17(13)24)29-21(22)23/h2-4,6,8-10,12,21H,5,7,11H2,1H3. The van der Waals surface area contributed by atoms with E-state index < -0.39 is 30.4 Å². The summed E-state index contributed by atoms with van der Waals surface area (Å²) >= 11 is 0. The van der Waals surface area contributed by atoms with Crippen molar-refractivity contribution in [1.82, 2.24) is 4.90 Å². The number of imide groups is 1. The van der Waals surface area contributed by atoms with Gasteiger partial charge in [-0.3, -0.25) is 19.3 Å². The zero-order chi connectivity index (χ0) is 20.7. The fourth-order valence-corrected chi connectivity index (χ4v) is 3.92. The van der Waals surface area contributed by atoms with Gasteiger partial charge in [0.1, 0.15) is 11.8 Å². The maximum atomic E-state index is 13.3. The van der Waals surface area contributed by atoms with Gasteiger partial charge in [-0.15, -0.1) is 0 Å². The Morgan fingerprint density at radius 2 is 1.69 bits per heavy atom. The molecule has 0 radical (unpaired) electrons. The lowest BCUT2D eigenvalue weighted by atomic mass is 10.00. The number of anilines is 1. The van der Waals surface area contributed by atoms with Crippen molar-refractivity contribution in [3.8, 4) is 5.75 Å². The van der Waals surface area contributed by atoms with E-state index in [4.69, 9.17) is 0 Å². The van der Waals surface area contributed by atoms with Gasteiger partial charge in [-0.25, -0.2) is 0 Å². The Morgan fingerprint density at radius 1 is 1.03 bits per heavy atom. The molecule has 150 valence electrons. The number of carbonyl (C=O) groups is 3. The van der Waals surface area contributed by atoms with Crippen molar-refractivity contribution in [3.63, 3.8) is 0 Å². The normalized spacial score (nSPS) is 16.7. The minimum absolute atomic E-state index is 0.0971. The monoisotopic (exact) mass is 400 g/mol. The Labute approximate surface area is 165 Å². The molecule has 6 nitrogen and oxygen atoms in total. The molecule has 8 heteroatoms. The molecule has 2 aromatic carbocycles. The summed E-state index contributed by atoms with van der Waals surface area (Å²) in [5.41, 5.74) is 1.47. The van der Waals surface area contributed by atoms with Gasteiger partial charge < -0.3 is 9.64 Å². The average Bonchev–Trinajstić information content (AvgIpc) is 2.97. The van der Waals surface area contributed by atoms with Crippen molar-refractivity contribution in [3.05, 3.63) is 59.2 Å². The SMILES string of the molecule is CC(C(=O)N1CCCc2cccc(OC(F)F)c21)N1C(=O)c2ccccc2C1=O. The molecule has 1 atom stereocenters. The van der Waals surface area contributed by atoms with Gasteiger partial charge in [0.25, 0.3) is 11.8 Å². The Morgan fingerprint density at radius 3 is 2.31 bits per heavy atom. The van der Waals surface area contributed by atoms with Crippen LogP contribution in [0.1, 0.15) is 39.6 Å². The van der Waals surface area contributed by atoms with E-state index in [1.54, 1.807) is 24.3 Å². The summed E-state index contributed by atoms with van der Waals surface area (Å²) < 4.78 is 30.3. The minimum atomic E-state index is -3.03. The number of carbonyl (C=O) groups excluding carboxylic acids is 3. The van der Waals surface area contributed by atoms with E-state index in [1.165, 1.54) is 30.0 Å². The minimum Gasteiger partial charge on any atom is -0.433 e. The number of hydrogen-bond acceptors (Lipinski definition) is 4. The van der Waals surface area contributed by atoms with Crippen molar-refractivity contribution in [2.24, 2.45) is 0 Å². The van der Waals surface area contributed by atoms with E-state index in [2.05, 4.69) is 4.74 Å². The molecule has 2 aliphatic heterocycles. The summed E-state index contributed by atoms with van der Waals surface area (Å²) in [6.07, 6.45) is 1.24. The van der Waals surface area contributed by atoms with E-state index >= 15 is 0 Å². The predicted octanol–water partition coefficient (Wildman–Crippen LogP) is 3.25. The first-order valence-corrected chi connectivity index (χ1v) is 9.25. The first-order chi connectivity index (χ1) is 13.9. The van der Waals surface area contributed by atoms with Crippen LogP contribution in [0.2, 0.25) is 0 Å². The van der Waals surface area contributed by atoms with Crippen LogP contribution in [0, 0.1) is 0 Å². The topological polar surface area (TPSA) is 66.9 Å². The first kappa shape index (κ1) is 19.0. The average molecular weight is 400 g/mol.